The molecule has 0 aromatic rings. The molecule has 1 aliphatic rings. The Balaban J connectivity index is 2.21. The molecule has 0 bridgehead atoms. The van der Waals surface area contributed by atoms with Gasteiger partial charge in [-0.2, -0.15) is 0 Å². The van der Waals surface area contributed by atoms with E-state index in [2.05, 4.69) is 17.6 Å². The molecule has 0 radical (unpaired) electrons. The summed E-state index contributed by atoms with van der Waals surface area (Å²) in [5.41, 5.74) is -0.438. The van der Waals surface area contributed by atoms with Gasteiger partial charge in [-0.3, -0.25) is 0 Å². The lowest BCUT2D eigenvalue weighted by Gasteiger charge is -2.29. The van der Waals surface area contributed by atoms with E-state index in [0.717, 1.165) is 12.5 Å². The molecule has 2 unspecified atom stereocenters. The van der Waals surface area contributed by atoms with Crippen molar-refractivity contribution in [3.05, 3.63) is 0 Å². The van der Waals surface area contributed by atoms with Crippen molar-refractivity contribution in [1.29, 1.82) is 0 Å². The highest BCUT2D eigenvalue weighted by atomic mass is 16.6. The SMILES string of the molecule is CC(CNC(C)C1CCCCC1)NC(=O)OC(C)(C)C. The summed E-state index contributed by atoms with van der Waals surface area (Å²) in [6.07, 6.45) is 6.45. The standard InChI is InChI=1S/C16H32N2O2/c1-12(18-15(19)20-16(3,4)5)11-17-13(2)14-9-7-6-8-10-14/h12-14,17H,6-11H2,1-5H3,(H,18,19). The van der Waals surface area contributed by atoms with Gasteiger partial charge in [-0.25, -0.2) is 4.79 Å². The number of rotatable bonds is 5. The van der Waals surface area contributed by atoms with Crippen LogP contribution in [-0.2, 0) is 4.74 Å². The third-order valence-electron chi connectivity index (χ3n) is 3.87. The molecule has 20 heavy (non-hydrogen) atoms. The maximum absolute atomic E-state index is 11.7. The number of carbonyl (C=O) groups is 1. The van der Waals surface area contributed by atoms with Crippen LogP contribution in [0.2, 0.25) is 0 Å². The highest BCUT2D eigenvalue weighted by Gasteiger charge is 2.21. The Bertz CT molecular complexity index is 293. The van der Waals surface area contributed by atoms with Crippen molar-refractivity contribution < 1.29 is 9.53 Å². The normalized spacial score (nSPS) is 20.2. The van der Waals surface area contributed by atoms with E-state index in [9.17, 15) is 4.79 Å². The molecule has 2 N–H and O–H groups in total. The average Bonchev–Trinajstić information content (AvgIpc) is 2.34. The predicted octanol–water partition coefficient (Wildman–Crippen LogP) is 3.46. The first kappa shape index (κ1) is 17.3. The lowest BCUT2D eigenvalue weighted by atomic mass is 9.84. The number of ether oxygens (including phenoxy) is 1. The summed E-state index contributed by atoms with van der Waals surface area (Å²) in [6.45, 7) is 10.7. The largest absolute Gasteiger partial charge is 0.444 e. The van der Waals surface area contributed by atoms with Gasteiger partial charge in [-0.15, -0.1) is 0 Å². The summed E-state index contributed by atoms with van der Waals surface area (Å²) in [5, 5.41) is 6.42. The zero-order valence-electron chi connectivity index (χ0n) is 13.8. The molecule has 0 aliphatic heterocycles. The summed E-state index contributed by atoms with van der Waals surface area (Å²) in [6, 6.07) is 0.606. The van der Waals surface area contributed by atoms with Crippen molar-refractivity contribution in [1.82, 2.24) is 10.6 Å². The summed E-state index contributed by atoms with van der Waals surface area (Å²) < 4.78 is 5.25. The zero-order valence-corrected chi connectivity index (χ0v) is 13.8. The molecule has 1 aliphatic carbocycles. The van der Waals surface area contributed by atoms with E-state index in [1.807, 2.05) is 27.7 Å². The Kier molecular flexibility index (Phi) is 6.80. The van der Waals surface area contributed by atoms with Crippen molar-refractivity contribution in [2.45, 2.75) is 84.4 Å². The van der Waals surface area contributed by atoms with Gasteiger partial charge in [-0.05, 0) is 53.4 Å². The van der Waals surface area contributed by atoms with Crippen LogP contribution in [0.5, 0.6) is 0 Å². The molecule has 1 amide bonds. The molecule has 0 aromatic carbocycles. The Morgan fingerprint density at radius 2 is 1.80 bits per heavy atom. The number of nitrogens with one attached hydrogen (secondary N) is 2. The first-order valence-electron chi connectivity index (χ1n) is 8.01. The Labute approximate surface area is 124 Å². The fraction of sp³-hybridized carbons (Fsp3) is 0.938. The molecule has 118 valence electrons. The maximum Gasteiger partial charge on any atom is 0.407 e. The Hall–Kier alpha value is -0.770. The molecular formula is C16H32N2O2. The molecule has 0 aromatic heterocycles. The van der Waals surface area contributed by atoms with Crippen LogP contribution in [0.1, 0.15) is 66.7 Å². The van der Waals surface area contributed by atoms with Crippen LogP contribution < -0.4 is 10.6 Å². The van der Waals surface area contributed by atoms with Gasteiger partial charge >= 0.3 is 6.09 Å². The summed E-state index contributed by atoms with van der Waals surface area (Å²) in [7, 11) is 0. The van der Waals surface area contributed by atoms with E-state index in [0.29, 0.717) is 6.04 Å². The van der Waals surface area contributed by atoms with Gasteiger partial charge in [0.05, 0.1) is 0 Å². The Morgan fingerprint density at radius 1 is 1.20 bits per heavy atom. The zero-order chi connectivity index (χ0) is 15.2. The van der Waals surface area contributed by atoms with Crippen molar-refractivity contribution in [3.63, 3.8) is 0 Å². The monoisotopic (exact) mass is 284 g/mol. The molecular weight excluding hydrogens is 252 g/mol. The number of hydrogen-bond acceptors (Lipinski definition) is 3. The Morgan fingerprint density at radius 3 is 2.35 bits per heavy atom. The number of hydrogen-bond donors (Lipinski definition) is 2. The van der Waals surface area contributed by atoms with Crippen LogP contribution in [0, 0.1) is 5.92 Å². The number of alkyl carbamates (subject to hydrolysis) is 1. The molecule has 4 nitrogen and oxygen atoms in total. The van der Waals surface area contributed by atoms with Gasteiger partial charge in [-0.1, -0.05) is 19.3 Å². The van der Waals surface area contributed by atoms with E-state index >= 15 is 0 Å². The lowest BCUT2D eigenvalue weighted by molar-refractivity contribution is 0.0507. The quantitative estimate of drug-likeness (QED) is 0.813. The van der Waals surface area contributed by atoms with Crippen molar-refractivity contribution in [2.24, 2.45) is 5.92 Å². The molecule has 4 heteroatoms. The fourth-order valence-corrected chi connectivity index (χ4v) is 2.72. The molecule has 0 saturated heterocycles. The molecule has 0 heterocycles. The second-order valence-electron chi connectivity index (χ2n) is 7.14. The van der Waals surface area contributed by atoms with Crippen molar-refractivity contribution in [2.75, 3.05) is 6.54 Å². The van der Waals surface area contributed by atoms with Gasteiger partial charge in [0.1, 0.15) is 5.60 Å². The highest BCUT2D eigenvalue weighted by molar-refractivity contribution is 5.68. The fourth-order valence-electron chi connectivity index (χ4n) is 2.72. The summed E-state index contributed by atoms with van der Waals surface area (Å²) >= 11 is 0. The average molecular weight is 284 g/mol. The van der Waals surface area contributed by atoms with E-state index < -0.39 is 5.60 Å². The van der Waals surface area contributed by atoms with E-state index in [4.69, 9.17) is 4.74 Å². The van der Waals surface area contributed by atoms with Crippen LogP contribution in [0.25, 0.3) is 0 Å². The first-order valence-corrected chi connectivity index (χ1v) is 8.01. The van der Waals surface area contributed by atoms with Crippen LogP contribution in [0.15, 0.2) is 0 Å². The first-order chi connectivity index (χ1) is 9.28. The summed E-state index contributed by atoms with van der Waals surface area (Å²) in [5.74, 6) is 0.789. The minimum atomic E-state index is -0.438. The molecule has 0 spiro atoms. The summed E-state index contributed by atoms with van der Waals surface area (Å²) in [4.78, 5) is 11.7. The molecule has 1 fully saturated rings. The number of amides is 1. The van der Waals surface area contributed by atoms with E-state index in [1.54, 1.807) is 0 Å². The van der Waals surface area contributed by atoms with Gasteiger partial charge in [0, 0.05) is 18.6 Å². The predicted molar refractivity (Wildman–Crippen MR) is 82.9 cm³/mol. The highest BCUT2D eigenvalue weighted by Crippen LogP contribution is 2.26. The van der Waals surface area contributed by atoms with Gasteiger partial charge in [0.15, 0.2) is 0 Å². The lowest BCUT2D eigenvalue weighted by Crippen LogP contribution is -2.46. The topological polar surface area (TPSA) is 50.4 Å². The second kappa shape index (κ2) is 7.87. The molecule has 1 rings (SSSR count). The van der Waals surface area contributed by atoms with Crippen LogP contribution in [0.3, 0.4) is 0 Å². The molecule has 2 atom stereocenters. The van der Waals surface area contributed by atoms with E-state index in [1.165, 1.54) is 32.1 Å². The maximum atomic E-state index is 11.7. The minimum absolute atomic E-state index is 0.0795. The third-order valence-corrected chi connectivity index (χ3v) is 3.87. The van der Waals surface area contributed by atoms with Crippen molar-refractivity contribution in [3.8, 4) is 0 Å². The minimum Gasteiger partial charge on any atom is -0.444 e. The smallest absolute Gasteiger partial charge is 0.407 e. The van der Waals surface area contributed by atoms with Crippen LogP contribution in [0.4, 0.5) is 4.79 Å². The second-order valence-corrected chi connectivity index (χ2v) is 7.14. The van der Waals surface area contributed by atoms with Crippen LogP contribution >= 0.6 is 0 Å². The van der Waals surface area contributed by atoms with Crippen molar-refractivity contribution >= 4 is 6.09 Å². The van der Waals surface area contributed by atoms with E-state index in [-0.39, 0.29) is 12.1 Å². The van der Waals surface area contributed by atoms with Gasteiger partial charge in [0.25, 0.3) is 0 Å². The third kappa shape index (κ3) is 7.13. The van der Waals surface area contributed by atoms with Crippen LogP contribution in [-0.4, -0.2) is 30.3 Å². The van der Waals surface area contributed by atoms with Gasteiger partial charge < -0.3 is 15.4 Å². The molecule has 1 saturated carbocycles. The van der Waals surface area contributed by atoms with Gasteiger partial charge in [0.2, 0.25) is 0 Å². The number of carbonyl (C=O) groups excluding carboxylic acids is 1.